The van der Waals surface area contributed by atoms with Crippen LogP contribution in [0.5, 0.6) is 0 Å². The topological polar surface area (TPSA) is 95.8 Å². The molecule has 3 rings (SSSR count). The van der Waals surface area contributed by atoms with Gasteiger partial charge in [0.15, 0.2) is 5.82 Å². The minimum absolute atomic E-state index is 0.0475. The van der Waals surface area contributed by atoms with Crippen LogP contribution in [0.25, 0.3) is 22.4 Å². The summed E-state index contributed by atoms with van der Waals surface area (Å²) in [7, 11) is 0. The van der Waals surface area contributed by atoms with Gasteiger partial charge in [-0.3, -0.25) is 0 Å². The van der Waals surface area contributed by atoms with Crippen LogP contribution >= 0.6 is 23.4 Å². The molecule has 1 unspecified atom stereocenters. The number of rotatable bonds is 16. The maximum Gasteiger partial charge on any atom is 0.175 e. The third-order valence-corrected chi connectivity index (χ3v) is 7.13. The molecular formula is C28H33ClN4O3S. The van der Waals surface area contributed by atoms with Crippen molar-refractivity contribution in [3.8, 4) is 22.4 Å². The van der Waals surface area contributed by atoms with Crippen molar-refractivity contribution in [3.05, 3.63) is 65.2 Å². The lowest BCUT2D eigenvalue weighted by molar-refractivity contribution is -0.107. The molecule has 0 bridgehead atoms. The SMILES string of the molecule is C=Nc1nc(-c2ccc(-c3ccc(CNCCOCCO)cc3)cc2)c(Cl)cc1NCSC(C=O)CC. The van der Waals surface area contributed by atoms with Crippen molar-refractivity contribution in [2.45, 2.75) is 25.1 Å². The molecule has 1 aromatic heterocycles. The zero-order valence-corrected chi connectivity index (χ0v) is 22.5. The van der Waals surface area contributed by atoms with E-state index >= 15 is 0 Å². The molecule has 0 amide bonds. The highest BCUT2D eigenvalue weighted by Gasteiger charge is 2.13. The molecule has 9 heteroatoms. The van der Waals surface area contributed by atoms with Crippen molar-refractivity contribution >= 4 is 47.9 Å². The number of benzene rings is 2. The van der Waals surface area contributed by atoms with Gasteiger partial charge in [-0.2, -0.15) is 0 Å². The molecule has 7 nitrogen and oxygen atoms in total. The van der Waals surface area contributed by atoms with Gasteiger partial charge in [0.1, 0.15) is 6.29 Å². The zero-order chi connectivity index (χ0) is 26.5. The van der Waals surface area contributed by atoms with Crippen LogP contribution in [-0.4, -0.2) is 60.6 Å². The lowest BCUT2D eigenvalue weighted by Gasteiger charge is -2.13. The lowest BCUT2D eigenvalue weighted by Crippen LogP contribution is -2.19. The third kappa shape index (κ3) is 8.66. The number of aliphatic imine (C=N–C) groups is 1. The second-order valence-corrected chi connectivity index (χ2v) is 9.84. The Hall–Kier alpha value is -2.75. The standard InChI is InChI=1S/C28H33ClN4O3S/c1-3-24(18-35)37-19-32-26-16-25(29)27(33-28(26)30-2)23-10-8-22(9-11-23)21-6-4-20(5-7-21)17-31-12-14-36-15-13-34/h4-11,16,18,24,31-32,34H,2-3,12-15,17,19H2,1H3. The number of pyridine rings is 1. The number of halogens is 1. The van der Waals surface area contributed by atoms with Crippen LogP contribution in [0.2, 0.25) is 5.02 Å². The molecule has 196 valence electrons. The number of hydrogen-bond donors (Lipinski definition) is 3. The number of thioether (sulfide) groups is 1. The first-order chi connectivity index (χ1) is 18.1. The summed E-state index contributed by atoms with van der Waals surface area (Å²) in [5, 5.41) is 15.7. The third-order valence-electron chi connectivity index (χ3n) is 5.65. The Labute approximate surface area is 227 Å². The smallest absolute Gasteiger partial charge is 0.175 e. The van der Waals surface area contributed by atoms with E-state index in [0.717, 1.165) is 42.5 Å². The fourth-order valence-electron chi connectivity index (χ4n) is 3.59. The van der Waals surface area contributed by atoms with Gasteiger partial charge >= 0.3 is 0 Å². The van der Waals surface area contributed by atoms with E-state index in [9.17, 15) is 4.79 Å². The fraction of sp³-hybridized carbons (Fsp3) is 0.321. The minimum atomic E-state index is -0.0512. The van der Waals surface area contributed by atoms with Crippen LogP contribution in [-0.2, 0) is 16.1 Å². The molecule has 37 heavy (non-hydrogen) atoms. The average Bonchev–Trinajstić information content (AvgIpc) is 2.93. The second kappa shape index (κ2) is 15.5. The maximum atomic E-state index is 11.0. The Bertz CT molecular complexity index is 1140. The Morgan fingerprint density at radius 1 is 1.14 bits per heavy atom. The van der Waals surface area contributed by atoms with E-state index in [1.54, 1.807) is 6.07 Å². The van der Waals surface area contributed by atoms with Gasteiger partial charge in [-0.25, -0.2) is 9.98 Å². The molecule has 0 saturated carbocycles. The number of carbonyl (C=O) groups is 1. The molecule has 3 N–H and O–H groups in total. The van der Waals surface area contributed by atoms with Crippen molar-refractivity contribution in [2.24, 2.45) is 4.99 Å². The van der Waals surface area contributed by atoms with Gasteiger partial charge in [-0.15, -0.1) is 11.8 Å². The van der Waals surface area contributed by atoms with Crippen LogP contribution in [0, 0.1) is 0 Å². The van der Waals surface area contributed by atoms with E-state index in [4.69, 9.17) is 21.4 Å². The Morgan fingerprint density at radius 2 is 1.81 bits per heavy atom. The number of hydrogen-bond acceptors (Lipinski definition) is 8. The summed E-state index contributed by atoms with van der Waals surface area (Å²) in [6, 6.07) is 18.3. The van der Waals surface area contributed by atoms with Crippen molar-refractivity contribution in [2.75, 3.05) is 37.6 Å². The fourth-order valence-corrected chi connectivity index (χ4v) is 4.62. The minimum Gasteiger partial charge on any atom is -0.394 e. The van der Waals surface area contributed by atoms with Gasteiger partial charge in [0.05, 0.1) is 47.4 Å². The molecule has 0 spiro atoms. The van der Waals surface area contributed by atoms with Crippen molar-refractivity contribution in [3.63, 3.8) is 0 Å². The van der Waals surface area contributed by atoms with E-state index in [1.165, 1.54) is 17.3 Å². The van der Waals surface area contributed by atoms with Crippen LogP contribution in [0.3, 0.4) is 0 Å². The second-order valence-electron chi connectivity index (χ2n) is 8.21. The predicted molar refractivity (Wildman–Crippen MR) is 155 cm³/mol. The summed E-state index contributed by atoms with van der Waals surface area (Å²) in [5.74, 6) is 1.01. The molecular weight excluding hydrogens is 508 g/mol. The molecule has 0 radical (unpaired) electrons. The molecule has 3 aromatic rings. The molecule has 0 fully saturated rings. The van der Waals surface area contributed by atoms with E-state index in [-0.39, 0.29) is 11.9 Å². The molecule has 0 saturated heterocycles. The van der Waals surface area contributed by atoms with Gasteiger partial charge in [-0.1, -0.05) is 67.1 Å². The molecule has 0 aliphatic heterocycles. The molecule has 1 atom stereocenters. The summed E-state index contributed by atoms with van der Waals surface area (Å²) in [6.07, 6.45) is 1.74. The monoisotopic (exact) mass is 540 g/mol. The Morgan fingerprint density at radius 3 is 2.43 bits per heavy atom. The van der Waals surface area contributed by atoms with Crippen LogP contribution < -0.4 is 10.6 Å². The molecule has 0 aliphatic carbocycles. The van der Waals surface area contributed by atoms with E-state index in [2.05, 4.69) is 51.6 Å². The highest BCUT2D eigenvalue weighted by molar-refractivity contribution is 8.00. The predicted octanol–water partition coefficient (Wildman–Crippen LogP) is 5.58. The quantitative estimate of drug-likeness (QED) is 0.0944. The van der Waals surface area contributed by atoms with Crippen molar-refractivity contribution in [1.29, 1.82) is 0 Å². The van der Waals surface area contributed by atoms with Crippen molar-refractivity contribution < 1.29 is 14.6 Å². The largest absolute Gasteiger partial charge is 0.394 e. The molecule has 0 aliphatic rings. The number of nitrogens with zero attached hydrogens (tertiary/aromatic N) is 2. The van der Waals surface area contributed by atoms with Crippen LogP contribution in [0.4, 0.5) is 11.5 Å². The highest BCUT2D eigenvalue weighted by Crippen LogP contribution is 2.35. The number of ether oxygens (including phenoxy) is 1. The van der Waals surface area contributed by atoms with Crippen molar-refractivity contribution in [1.82, 2.24) is 10.3 Å². The van der Waals surface area contributed by atoms with Crippen LogP contribution in [0.1, 0.15) is 18.9 Å². The summed E-state index contributed by atoms with van der Waals surface area (Å²) in [5.41, 5.74) is 5.60. The first kappa shape index (κ1) is 28.8. The normalized spacial score (nSPS) is 11.8. The van der Waals surface area contributed by atoms with E-state index < -0.39 is 0 Å². The van der Waals surface area contributed by atoms with Gasteiger partial charge in [0.2, 0.25) is 0 Å². The summed E-state index contributed by atoms with van der Waals surface area (Å²) in [4.78, 5) is 19.7. The van der Waals surface area contributed by atoms with Gasteiger partial charge < -0.3 is 25.3 Å². The average molecular weight is 541 g/mol. The number of carbonyl (C=O) groups excluding carboxylic acids is 1. The van der Waals surface area contributed by atoms with Gasteiger partial charge in [0.25, 0.3) is 0 Å². The van der Waals surface area contributed by atoms with Crippen LogP contribution in [0.15, 0.2) is 59.6 Å². The highest BCUT2D eigenvalue weighted by atomic mass is 35.5. The number of anilines is 1. The number of aliphatic hydroxyl groups excluding tert-OH is 1. The first-order valence-corrected chi connectivity index (χ1v) is 13.6. The summed E-state index contributed by atoms with van der Waals surface area (Å²) < 4.78 is 5.25. The van der Waals surface area contributed by atoms with E-state index in [1.807, 2.05) is 31.2 Å². The summed E-state index contributed by atoms with van der Waals surface area (Å²) in [6.45, 7) is 8.11. The number of aldehydes is 1. The zero-order valence-electron chi connectivity index (χ0n) is 21.0. The maximum absolute atomic E-state index is 11.0. The van der Waals surface area contributed by atoms with E-state index in [0.29, 0.717) is 41.3 Å². The number of aromatic nitrogens is 1. The number of aliphatic hydroxyl groups is 1. The first-order valence-electron chi connectivity index (χ1n) is 12.2. The number of nitrogens with one attached hydrogen (secondary N) is 2. The molecule has 2 aromatic carbocycles. The Kier molecular flexibility index (Phi) is 12.1. The molecule has 1 heterocycles. The Balaban J connectivity index is 1.64. The lowest BCUT2D eigenvalue weighted by atomic mass is 10.0. The van der Waals surface area contributed by atoms with Gasteiger partial charge in [-0.05, 0) is 35.9 Å². The summed E-state index contributed by atoms with van der Waals surface area (Å²) >= 11 is 8.11. The van der Waals surface area contributed by atoms with Gasteiger partial charge in [0, 0.05) is 18.7 Å².